The van der Waals surface area contributed by atoms with E-state index < -0.39 is 33.1 Å². The van der Waals surface area contributed by atoms with Crippen molar-refractivity contribution in [2.75, 3.05) is 43.4 Å². The molecule has 0 saturated carbocycles. The van der Waals surface area contributed by atoms with Crippen LogP contribution in [0.1, 0.15) is 38.5 Å². The Balaban J connectivity index is 1.25. The number of phenols is 1. The van der Waals surface area contributed by atoms with Gasteiger partial charge in [0.1, 0.15) is 35.6 Å². The number of nitrogens with zero attached hydrogens (tertiary/aromatic N) is 5. The predicted octanol–water partition coefficient (Wildman–Crippen LogP) is 4.96. The molecule has 46 heavy (non-hydrogen) atoms. The molecule has 10 nitrogen and oxygen atoms in total. The normalized spacial score (nSPS) is 27.6. The number of hydrogen-bond donors (Lipinski definition) is 2. The number of nitrogens with one attached hydrogen (secondary N) is 1. The van der Waals surface area contributed by atoms with E-state index in [0.29, 0.717) is 77.9 Å². The number of anilines is 1. The highest BCUT2D eigenvalue weighted by Gasteiger charge is 2.49. The first kappa shape index (κ1) is 30.0. The lowest BCUT2D eigenvalue weighted by Crippen LogP contribution is -2.54. The highest BCUT2D eigenvalue weighted by atomic mass is 35.5. The van der Waals surface area contributed by atoms with Gasteiger partial charge in [0, 0.05) is 48.2 Å². The molecule has 8 rings (SSSR count). The number of aromatic hydroxyl groups is 1. The van der Waals surface area contributed by atoms with Gasteiger partial charge in [-0.1, -0.05) is 23.7 Å². The molecule has 4 aliphatic heterocycles. The molecule has 2 aromatic heterocycles. The molecule has 0 aliphatic carbocycles. The summed E-state index contributed by atoms with van der Waals surface area (Å²) in [5.74, 6) is -0.374. The Morgan fingerprint density at radius 1 is 1.15 bits per heavy atom. The molecule has 4 aliphatic rings. The summed E-state index contributed by atoms with van der Waals surface area (Å²) in [6.45, 7) is 2.22. The molecule has 3 atom stereocenters. The van der Waals surface area contributed by atoms with Crippen molar-refractivity contribution in [3.05, 3.63) is 47.4 Å². The maximum Gasteiger partial charge on any atom is 0.319 e. The second-order valence-corrected chi connectivity index (χ2v) is 15.4. The van der Waals surface area contributed by atoms with E-state index in [9.17, 15) is 17.9 Å². The lowest BCUT2D eigenvalue weighted by molar-refractivity contribution is 0.107. The molecule has 1 unspecified atom stereocenters. The van der Waals surface area contributed by atoms with Crippen LogP contribution in [0.25, 0.3) is 32.9 Å². The van der Waals surface area contributed by atoms with Crippen LogP contribution in [0, 0.1) is 5.82 Å². The third kappa shape index (κ3) is 5.02. The standard InChI is InChI=1S/C32H33ClF2N6O4S/c33-24-5-1-4-19-12-21(42)13-22(25(19)24)27-26(35)28-23(15-36-27)29(40-9-2-6-31(17-40)8-11-46(43,44)39-31)38-30(37-28)45-18-32-7-3-10-41(32)16-20(34)14-32/h1,4-5,12-13,15,20,39,42H,2-3,6-11,14,16-18H2/t20-,31?,32+/m1/s1. The van der Waals surface area contributed by atoms with Gasteiger partial charge in [-0.05, 0) is 62.2 Å². The minimum Gasteiger partial charge on any atom is -0.508 e. The van der Waals surface area contributed by atoms with Gasteiger partial charge in [-0.25, -0.2) is 21.9 Å². The highest BCUT2D eigenvalue weighted by Crippen LogP contribution is 2.42. The third-order valence-electron chi connectivity index (χ3n) is 10.1. The zero-order chi connectivity index (χ0) is 31.8. The summed E-state index contributed by atoms with van der Waals surface area (Å²) in [7, 11) is -3.38. The molecule has 0 radical (unpaired) electrons. The van der Waals surface area contributed by atoms with Crippen molar-refractivity contribution in [2.45, 2.75) is 55.8 Å². The molecular weight excluding hydrogens is 638 g/mol. The molecule has 4 saturated heterocycles. The molecular formula is C32H33ClF2N6O4S. The second kappa shape index (κ2) is 10.8. The van der Waals surface area contributed by atoms with Gasteiger partial charge in [0.15, 0.2) is 5.82 Å². The summed E-state index contributed by atoms with van der Waals surface area (Å²) >= 11 is 6.56. The zero-order valence-corrected chi connectivity index (χ0v) is 26.5. The molecule has 4 aromatic rings. The van der Waals surface area contributed by atoms with Crippen LogP contribution >= 0.6 is 11.6 Å². The second-order valence-electron chi connectivity index (χ2n) is 13.2. The first-order valence-electron chi connectivity index (χ1n) is 15.6. The number of sulfonamides is 1. The maximum atomic E-state index is 16.8. The van der Waals surface area contributed by atoms with Crippen LogP contribution in [0.15, 0.2) is 36.5 Å². The molecule has 14 heteroatoms. The Morgan fingerprint density at radius 2 is 2.00 bits per heavy atom. The molecule has 0 bridgehead atoms. The van der Waals surface area contributed by atoms with Crippen molar-refractivity contribution in [3.8, 4) is 23.0 Å². The van der Waals surface area contributed by atoms with Crippen LogP contribution in [0.3, 0.4) is 0 Å². The van der Waals surface area contributed by atoms with Crippen LogP contribution in [-0.4, -0.2) is 89.2 Å². The van der Waals surface area contributed by atoms with Crippen LogP contribution < -0.4 is 14.4 Å². The average Bonchev–Trinajstić information content (AvgIpc) is 3.64. The van der Waals surface area contributed by atoms with Crippen LogP contribution in [0.4, 0.5) is 14.6 Å². The predicted molar refractivity (Wildman–Crippen MR) is 171 cm³/mol. The Bertz CT molecular complexity index is 2000. The minimum absolute atomic E-state index is 0.0317. The lowest BCUT2D eigenvalue weighted by atomic mass is 9.87. The number of piperidine rings is 1. The van der Waals surface area contributed by atoms with E-state index in [1.54, 1.807) is 24.3 Å². The Kier molecular flexibility index (Phi) is 7.06. The van der Waals surface area contributed by atoms with Crippen molar-refractivity contribution in [3.63, 3.8) is 0 Å². The molecule has 2 aromatic carbocycles. The number of rotatable bonds is 5. The number of phenolic OH excluding ortho intramolecular Hbond substituents is 1. The van der Waals surface area contributed by atoms with Gasteiger partial charge < -0.3 is 14.7 Å². The van der Waals surface area contributed by atoms with E-state index >= 15 is 4.39 Å². The number of alkyl halides is 1. The monoisotopic (exact) mass is 670 g/mol. The van der Waals surface area contributed by atoms with Crippen LogP contribution in [-0.2, 0) is 10.0 Å². The quantitative estimate of drug-likeness (QED) is 0.304. The summed E-state index contributed by atoms with van der Waals surface area (Å²) in [5.41, 5.74) is -0.889. The summed E-state index contributed by atoms with van der Waals surface area (Å²) in [6.07, 6.45) is 4.49. The maximum absolute atomic E-state index is 16.8. The fourth-order valence-corrected chi connectivity index (χ4v) is 10.1. The number of fused-ring (bicyclic) bond motifs is 3. The smallest absolute Gasteiger partial charge is 0.319 e. The number of halogens is 3. The van der Waals surface area contributed by atoms with E-state index in [1.165, 1.54) is 12.3 Å². The Morgan fingerprint density at radius 3 is 2.83 bits per heavy atom. The van der Waals surface area contributed by atoms with Crippen LogP contribution in [0.5, 0.6) is 11.8 Å². The first-order chi connectivity index (χ1) is 22.0. The summed E-state index contributed by atoms with van der Waals surface area (Å²) in [6, 6.07) is 8.14. The van der Waals surface area contributed by atoms with Gasteiger partial charge in [0.25, 0.3) is 0 Å². The number of pyridine rings is 1. The Hall–Kier alpha value is -3.39. The lowest BCUT2D eigenvalue weighted by Gasteiger charge is -2.40. The van der Waals surface area contributed by atoms with Gasteiger partial charge in [-0.2, -0.15) is 9.97 Å². The fourth-order valence-electron chi connectivity index (χ4n) is 8.08. The summed E-state index contributed by atoms with van der Waals surface area (Å²) < 4.78 is 65.2. The van der Waals surface area contributed by atoms with E-state index in [0.717, 1.165) is 19.4 Å². The fraction of sp³-hybridized carbons (Fsp3) is 0.469. The van der Waals surface area contributed by atoms with Gasteiger partial charge in [-0.15, -0.1) is 0 Å². The van der Waals surface area contributed by atoms with Gasteiger partial charge in [0.05, 0.1) is 22.2 Å². The third-order valence-corrected chi connectivity index (χ3v) is 11.9. The van der Waals surface area contributed by atoms with Gasteiger partial charge in [0.2, 0.25) is 10.0 Å². The highest BCUT2D eigenvalue weighted by molar-refractivity contribution is 7.89. The van der Waals surface area contributed by atoms with Crippen LogP contribution in [0.2, 0.25) is 5.02 Å². The van der Waals surface area contributed by atoms with Crippen molar-refractivity contribution < 1.29 is 27.0 Å². The van der Waals surface area contributed by atoms with E-state index in [-0.39, 0.29) is 35.3 Å². The minimum atomic E-state index is -3.38. The molecule has 6 heterocycles. The van der Waals surface area contributed by atoms with E-state index in [1.807, 2.05) is 4.90 Å². The molecule has 0 amide bonds. The summed E-state index contributed by atoms with van der Waals surface area (Å²) in [5, 5.41) is 12.4. The topological polar surface area (TPSA) is 121 Å². The molecule has 242 valence electrons. The number of ether oxygens (including phenoxy) is 1. The van der Waals surface area contributed by atoms with E-state index in [2.05, 4.69) is 19.6 Å². The number of aromatic nitrogens is 3. The summed E-state index contributed by atoms with van der Waals surface area (Å²) in [4.78, 5) is 17.9. The van der Waals surface area contributed by atoms with Crippen molar-refractivity contribution >= 4 is 49.1 Å². The first-order valence-corrected chi connectivity index (χ1v) is 17.6. The van der Waals surface area contributed by atoms with Crippen molar-refractivity contribution in [1.29, 1.82) is 0 Å². The Labute approximate surface area is 269 Å². The molecule has 4 fully saturated rings. The zero-order valence-electron chi connectivity index (χ0n) is 25.0. The van der Waals surface area contributed by atoms with Gasteiger partial charge in [-0.3, -0.25) is 9.88 Å². The average molecular weight is 671 g/mol. The number of hydrogen-bond acceptors (Lipinski definition) is 9. The van der Waals surface area contributed by atoms with E-state index in [4.69, 9.17) is 21.3 Å². The molecule has 1 spiro atoms. The number of benzene rings is 2. The molecule has 2 N–H and O–H groups in total. The van der Waals surface area contributed by atoms with Gasteiger partial charge >= 0.3 is 6.01 Å². The van der Waals surface area contributed by atoms with Crippen molar-refractivity contribution in [2.24, 2.45) is 0 Å². The van der Waals surface area contributed by atoms with Crippen molar-refractivity contribution in [1.82, 2.24) is 24.6 Å². The SMILES string of the molecule is O=S1(=O)CCC2(CCCN(c3nc(OC[C@@]45CCCN4C[C@H](F)C5)nc4c(F)c(-c5cc(O)cc6cccc(Cl)c56)ncc34)C2)N1. The largest absolute Gasteiger partial charge is 0.508 e.